The van der Waals surface area contributed by atoms with Crippen molar-refractivity contribution in [1.82, 2.24) is 0 Å². The summed E-state index contributed by atoms with van der Waals surface area (Å²) in [6.45, 7) is 2.36. The fourth-order valence-corrected chi connectivity index (χ4v) is 1.17. The molecule has 5 nitrogen and oxygen atoms in total. The summed E-state index contributed by atoms with van der Waals surface area (Å²) in [6.07, 6.45) is 0. The van der Waals surface area contributed by atoms with Crippen molar-refractivity contribution >= 4 is 5.84 Å². The predicted octanol–water partition coefficient (Wildman–Crippen LogP) is 1.19. The van der Waals surface area contributed by atoms with E-state index in [0.717, 1.165) is 0 Å². The van der Waals surface area contributed by atoms with Gasteiger partial charge in [-0.1, -0.05) is 5.16 Å². The Bertz CT molecular complexity index is 364. The van der Waals surface area contributed by atoms with Crippen LogP contribution in [0.4, 0.5) is 0 Å². The first kappa shape index (κ1) is 11.2. The van der Waals surface area contributed by atoms with Crippen LogP contribution < -0.4 is 15.2 Å². The summed E-state index contributed by atoms with van der Waals surface area (Å²) in [5.41, 5.74) is 6.04. The Hall–Kier alpha value is -1.91. The molecule has 0 aliphatic rings. The van der Waals surface area contributed by atoms with E-state index in [2.05, 4.69) is 5.16 Å². The van der Waals surface area contributed by atoms with Gasteiger partial charge in [0.25, 0.3) is 0 Å². The van der Waals surface area contributed by atoms with Gasteiger partial charge >= 0.3 is 0 Å². The molecule has 0 atom stereocenters. The number of hydrogen-bond acceptors (Lipinski definition) is 4. The number of nitrogens with two attached hydrogens (primary N) is 1. The molecule has 3 N–H and O–H groups in total. The van der Waals surface area contributed by atoms with Crippen molar-refractivity contribution in [2.24, 2.45) is 10.9 Å². The number of rotatable bonds is 4. The maximum Gasteiger partial charge on any atom is 0.173 e. The number of hydrogen-bond donors (Lipinski definition) is 2. The molecule has 1 aromatic rings. The molecule has 5 heteroatoms. The van der Waals surface area contributed by atoms with Crippen molar-refractivity contribution in [2.45, 2.75) is 6.92 Å². The van der Waals surface area contributed by atoms with E-state index in [1.165, 1.54) is 0 Å². The van der Waals surface area contributed by atoms with Crippen LogP contribution in [0.3, 0.4) is 0 Å². The highest BCUT2D eigenvalue weighted by Gasteiger charge is 2.09. The van der Waals surface area contributed by atoms with E-state index < -0.39 is 0 Å². The van der Waals surface area contributed by atoms with E-state index in [1.54, 1.807) is 25.3 Å². The normalized spacial score (nSPS) is 11.2. The average molecular weight is 210 g/mol. The first-order chi connectivity index (χ1) is 7.22. The lowest BCUT2D eigenvalue weighted by atomic mass is 10.2. The summed E-state index contributed by atoms with van der Waals surface area (Å²) in [7, 11) is 1.56. The number of methoxy groups -OCH3 is 1. The van der Waals surface area contributed by atoms with Gasteiger partial charge in [0.05, 0.1) is 19.3 Å². The predicted molar refractivity (Wildman–Crippen MR) is 56.7 cm³/mol. The molecule has 15 heavy (non-hydrogen) atoms. The minimum Gasteiger partial charge on any atom is -0.497 e. The SMILES string of the molecule is CCOc1cc(OC)ccc1/C(N)=N/O. The Kier molecular flexibility index (Phi) is 3.79. The average Bonchev–Trinajstić information content (AvgIpc) is 2.28. The summed E-state index contributed by atoms with van der Waals surface area (Å²) in [5, 5.41) is 11.5. The lowest BCUT2D eigenvalue weighted by molar-refractivity contribution is 0.316. The minimum absolute atomic E-state index is 0.0149. The molecule has 1 aromatic carbocycles. The second-order valence-corrected chi connectivity index (χ2v) is 2.78. The second-order valence-electron chi connectivity index (χ2n) is 2.78. The van der Waals surface area contributed by atoms with Crippen LogP contribution in [0.2, 0.25) is 0 Å². The maximum absolute atomic E-state index is 8.58. The highest BCUT2D eigenvalue weighted by Crippen LogP contribution is 2.24. The lowest BCUT2D eigenvalue weighted by Gasteiger charge is -2.10. The molecular weight excluding hydrogens is 196 g/mol. The Morgan fingerprint density at radius 2 is 2.27 bits per heavy atom. The van der Waals surface area contributed by atoms with Gasteiger partial charge in [-0.2, -0.15) is 0 Å². The van der Waals surface area contributed by atoms with Gasteiger partial charge in [0, 0.05) is 6.07 Å². The highest BCUT2D eigenvalue weighted by atomic mass is 16.5. The topological polar surface area (TPSA) is 77.1 Å². The van der Waals surface area contributed by atoms with Gasteiger partial charge in [0.2, 0.25) is 0 Å². The third-order valence-corrected chi connectivity index (χ3v) is 1.87. The largest absolute Gasteiger partial charge is 0.497 e. The minimum atomic E-state index is 0.0149. The molecule has 0 bridgehead atoms. The van der Waals surface area contributed by atoms with Crippen molar-refractivity contribution in [1.29, 1.82) is 0 Å². The Balaban J connectivity index is 3.14. The fourth-order valence-electron chi connectivity index (χ4n) is 1.17. The summed E-state index contributed by atoms with van der Waals surface area (Å²) in [4.78, 5) is 0. The first-order valence-electron chi connectivity index (χ1n) is 4.51. The number of benzene rings is 1. The molecule has 82 valence electrons. The van der Waals surface area contributed by atoms with Gasteiger partial charge in [-0.25, -0.2) is 0 Å². The molecule has 0 radical (unpaired) electrons. The zero-order chi connectivity index (χ0) is 11.3. The molecular formula is C10H14N2O3. The van der Waals surface area contributed by atoms with Crippen LogP contribution in [-0.4, -0.2) is 24.8 Å². The standard InChI is InChI=1S/C10H14N2O3/c1-3-15-9-6-7(14-2)4-5-8(9)10(11)12-13/h4-6,13H,3H2,1-2H3,(H2,11,12). The van der Waals surface area contributed by atoms with E-state index in [4.69, 9.17) is 20.4 Å². The molecule has 1 rings (SSSR count). The van der Waals surface area contributed by atoms with Gasteiger partial charge in [0.1, 0.15) is 11.5 Å². The number of amidine groups is 1. The molecule has 0 aromatic heterocycles. The quantitative estimate of drug-likeness (QED) is 0.338. The van der Waals surface area contributed by atoms with Crippen LogP contribution >= 0.6 is 0 Å². The van der Waals surface area contributed by atoms with Crippen molar-refractivity contribution in [3.8, 4) is 11.5 Å². The molecule has 0 aliphatic carbocycles. The Labute approximate surface area is 88.1 Å². The first-order valence-corrected chi connectivity index (χ1v) is 4.51. The molecule has 0 unspecified atom stereocenters. The molecule has 0 heterocycles. The van der Waals surface area contributed by atoms with Gasteiger partial charge in [0.15, 0.2) is 5.84 Å². The maximum atomic E-state index is 8.58. The van der Waals surface area contributed by atoms with Crippen molar-refractivity contribution in [3.63, 3.8) is 0 Å². The van der Waals surface area contributed by atoms with E-state index >= 15 is 0 Å². The Morgan fingerprint density at radius 3 is 2.80 bits per heavy atom. The monoisotopic (exact) mass is 210 g/mol. The van der Waals surface area contributed by atoms with Crippen LogP contribution in [0.15, 0.2) is 23.4 Å². The van der Waals surface area contributed by atoms with Crippen LogP contribution in [0.1, 0.15) is 12.5 Å². The highest BCUT2D eigenvalue weighted by molar-refractivity contribution is 5.99. The van der Waals surface area contributed by atoms with Crippen molar-refractivity contribution in [2.75, 3.05) is 13.7 Å². The third kappa shape index (κ3) is 2.52. The van der Waals surface area contributed by atoms with Gasteiger partial charge < -0.3 is 20.4 Å². The van der Waals surface area contributed by atoms with Gasteiger partial charge in [-0.15, -0.1) is 0 Å². The number of nitrogens with zero attached hydrogens (tertiary/aromatic N) is 1. The summed E-state index contributed by atoms with van der Waals surface area (Å²) >= 11 is 0. The fraction of sp³-hybridized carbons (Fsp3) is 0.300. The van der Waals surface area contributed by atoms with Crippen LogP contribution in [0, 0.1) is 0 Å². The summed E-state index contributed by atoms with van der Waals surface area (Å²) < 4.78 is 10.4. The molecule has 0 amide bonds. The number of ether oxygens (including phenoxy) is 2. The van der Waals surface area contributed by atoms with Crippen LogP contribution in [-0.2, 0) is 0 Å². The molecule has 0 fully saturated rings. The van der Waals surface area contributed by atoms with Crippen molar-refractivity contribution in [3.05, 3.63) is 23.8 Å². The van der Waals surface area contributed by atoms with E-state index in [1.807, 2.05) is 6.92 Å². The van der Waals surface area contributed by atoms with Crippen LogP contribution in [0.25, 0.3) is 0 Å². The molecule has 0 aliphatic heterocycles. The second kappa shape index (κ2) is 5.09. The van der Waals surface area contributed by atoms with Crippen molar-refractivity contribution < 1.29 is 14.7 Å². The molecule has 0 saturated heterocycles. The Morgan fingerprint density at radius 1 is 1.53 bits per heavy atom. The lowest BCUT2D eigenvalue weighted by Crippen LogP contribution is -2.14. The zero-order valence-electron chi connectivity index (χ0n) is 8.73. The number of oxime groups is 1. The van der Waals surface area contributed by atoms with Gasteiger partial charge in [-0.3, -0.25) is 0 Å². The molecule has 0 spiro atoms. The van der Waals surface area contributed by atoms with E-state index in [-0.39, 0.29) is 5.84 Å². The van der Waals surface area contributed by atoms with E-state index in [9.17, 15) is 0 Å². The van der Waals surface area contributed by atoms with Gasteiger partial charge in [-0.05, 0) is 19.1 Å². The smallest absolute Gasteiger partial charge is 0.173 e. The third-order valence-electron chi connectivity index (χ3n) is 1.87. The zero-order valence-corrected chi connectivity index (χ0v) is 8.73. The molecule has 0 saturated carbocycles. The van der Waals surface area contributed by atoms with Crippen LogP contribution in [0.5, 0.6) is 11.5 Å². The van der Waals surface area contributed by atoms with E-state index in [0.29, 0.717) is 23.7 Å². The summed E-state index contributed by atoms with van der Waals surface area (Å²) in [6, 6.07) is 5.09. The summed E-state index contributed by atoms with van der Waals surface area (Å²) in [5.74, 6) is 1.21.